The molecule has 29 heavy (non-hydrogen) atoms. The summed E-state index contributed by atoms with van der Waals surface area (Å²) in [5.41, 5.74) is -0.516. The standard InChI is InChI=1S/C21H33N5O3/c1-21(2,3)29-20(28)24-11-12-26-17(14-24)22-23-19(26)16-9-6-10-25(16)18(27)13-15-7-4-5-8-15/h15-16H,4-14H2,1-3H3. The minimum atomic E-state index is -0.516. The lowest BCUT2D eigenvalue weighted by Crippen LogP contribution is -2.42. The number of carbonyl (C=O) groups excluding carboxylic acids is 2. The first-order chi connectivity index (χ1) is 13.8. The number of carbonyl (C=O) groups is 2. The maximum absolute atomic E-state index is 12.9. The molecule has 3 aliphatic rings. The number of rotatable bonds is 3. The first-order valence-electron chi connectivity index (χ1n) is 11.0. The highest BCUT2D eigenvalue weighted by Gasteiger charge is 2.37. The smallest absolute Gasteiger partial charge is 0.410 e. The third kappa shape index (κ3) is 4.41. The summed E-state index contributed by atoms with van der Waals surface area (Å²) in [6.45, 7) is 8.01. The van der Waals surface area contributed by atoms with Crippen LogP contribution in [0.15, 0.2) is 0 Å². The summed E-state index contributed by atoms with van der Waals surface area (Å²) < 4.78 is 7.59. The summed E-state index contributed by atoms with van der Waals surface area (Å²) in [6.07, 6.45) is 7.18. The second-order valence-electron chi connectivity index (χ2n) is 9.63. The Morgan fingerprint density at radius 3 is 2.52 bits per heavy atom. The lowest BCUT2D eigenvalue weighted by molar-refractivity contribution is -0.133. The van der Waals surface area contributed by atoms with E-state index in [9.17, 15) is 9.59 Å². The average Bonchev–Trinajstić information content (AvgIpc) is 3.39. The number of hydrogen-bond donors (Lipinski definition) is 0. The van der Waals surface area contributed by atoms with Crippen molar-refractivity contribution in [1.29, 1.82) is 0 Å². The van der Waals surface area contributed by atoms with Gasteiger partial charge in [-0.3, -0.25) is 9.69 Å². The van der Waals surface area contributed by atoms with E-state index < -0.39 is 5.60 Å². The van der Waals surface area contributed by atoms with Crippen molar-refractivity contribution in [3.05, 3.63) is 11.6 Å². The monoisotopic (exact) mass is 403 g/mol. The summed E-state index contributed by atoms with van der Waals surface area (Å²) in [5.74, 6) is 2.47. The SMILES string of the molecule is CC(C)(C)OC(=O)N1CCn2c(nnc2C2CCCN2C(=O)CC2CCCC2)C1. The van der Waals surface area contributed by atoms with E-state index in [-0.39, 0.29) is 18.0 Å². The molecule has 1 aromatic heterocycles. The van der Waals surface area contributed by atoms with Gasteiger partial charge in [0.15, 0.2) is 11.6 Å². The van der Waals surface area contributed by atoms with Gasteiger partial charge in [0.05, 0.1) is 12.6 Å². The van der Waals surface area contributed by atoms with Gasteiger partial charge in [0, 0.05) is 26.1 Å². The zero-order valence-electron chi connectivity index (χ0n) is 17.9. The molecule has 0 aromatic carbocycles. The van der Waals surface area contributed by atoms with Crippen molar-refractivity contribution >= 4 is 12.0 Å². The molecule has 4 rings (SSSR count). The number of nitrogens with zero attached hydrogens (tertiary/aromatic N) is 5. The van der Waals surface area contributed by atoms with Gasteiger partial charge in [-0.2, -0.15) is 0 Å². The molecule has 1 saturated heterocycles. The Morgan fingerprint density at radius 2 is 1.79 bits per heavy atom. The molecule has 1 unspecified atom stereocenters. The van der Waals surface area contributed by atoms with Crippen LogP contribution in [0.5, 0.6) is 0 Å². The summed E-state index contributed by atoms with van der Waals surface area (Å²) in [7, 11) is 0. The Hall–Kier alpha value is -2.12. The Kier molecular flexibility index (Phi) is 5.53. The summed E-state index contributed by atoms with van der Waals surface area (Å²) in [5, 5.41) is 8.81. The van der Waals surface area contributed by atoms with E-state index in [1.165, 1.54) is 25.7 Å². The quantitative estimate of drug-likeness (QED) is 0.774. The van der Waals surface area contributed by atoms with Gasteiger partial charge in [0.25, 0.3) is 0 Å². The molecule has 1 saturated carbocycles. The van der Waals surface area contributed by atoms with Gasteiger partial charge in [0.2, 0.25) is 5.91 Å². The van der Waals surface area contributed by atoms with Crippen molar-refractivity contribution < 1.29 is 14.3 Å². The van der Waals surface area contributed by atoms with Crippen molar-refractivity contribution in [2.75, 3.05) is 13.1 Å². The third-order valence-electron chi connectivity index (χ3n) is 6.24. The molecule has 1 atom stereocenters. The van der Waals surface area contributed by atoms with Gasteiger partial charge in [0.1, 0.15) is 5.60 Å². The highest BCUT2D eigenvalue weighted by Crippen LogP contribution is 2.35. The molecule has 1 aromatic rings. The predicted octanol–water partition coefficient (Wildman–Crippen LogP) is 3.27. The summed E-state index contributed by atoms with van der Waals surface area (Å²) in [6, 6.07) is 0.0122. The minimum absolute atomic E-state index is 0.0122. The van der Waals surface area contributed by atoms with Crippen LogP contribution in [0.3, 0.4) is 0 Å². The number of ether oxygens (including phenoxy) is 1. The minimum Gasteiger partial charge on any atom is -0.444 e. The molecule has 1 aliphatic carbocycles. The molecule has 160 valence electrons. The number of fused-ring (bicyclic) bond motifs is 1. The van der Waals surface area contributed by atoms with Crippen LogP contribution in [0.4, 0.5) is 4.79 Å². The Balaban J connectivity index is 1.44. The van der Waals surface area contributed by atoms with Gasteiger partial charge < -0.3 is 14.2 Å². The maximum Gasteiger partial charge on any atom is 0.410 e. The molecule has 0 bridgehead atoms. The van der Waals surface area contributed by atoms with E-state index in [2.05, 4.69) is 14.8 Å². The Labute approximate surface area is 172 Å². The molecule has 2 amide bonds. The molecule has 0 N–H and O–H groups in total. The van der Waals surface area contributed by atoms with Gasteiger partial charge >= 0.3 is 6.09 Å². The van der Waals surface area contributed by atoms with Gasteiger partial charge in [-0.05, 0) is 52.4 Å². The molecule has 2 fully saturated rings. The molecular formula is C21H33N5O3. The highest BCUT2D eigenvalue weighted by atomic mass is 16.6. The average molecular weight is 404 g/mol. The molecular weight excluding hydrogens is 370 g/mol. The van der Waals surface area contributed by atoms with Crippen LogP contribution in [-0.4, -0.2) is 55.3 Å². The molecule has 8 nitrogen and oxygen atoms in total. The Bertz CT molecular complexity index is 763. The number of hydrogen-bond acceptors (Lipinski definition) is 5. The number of likely N-dealkylation sites (tertiary alicyclic amines) is 1. The van der Waals surface area contributed by atoms with Crippen LogP contribution in [0, 0.1) is 5.92 Å². The van der Waals surface area contributed by atoms with Crippen LogP contribution in [-0.2, 0) is 22.6 Å². The summed E-state index contributed by atoms with van der Waals surface area (Å²) in [4.78, 5) is 29.0. The third-order valence-corrected chi connectivity index (χ3v) is 6.24. The number of amides is 2. The number of aromatic nitrogens is 3. The second kappa shape index (κ2) is 7.95. The second-order valence-corrected chi connectivity index (χ2v) is 9.63. The molecule has 0 radical (unpaired) electrons. The van der Waals surface area contributed by atoms with Crippen molar-refractivity contribution in [1.82, 2.24) is 24.6 Å². The fourth-order valence-electron chi connectivity index (χ4n) is 4.82. The van der Waals surface area contributed by atoms with Crippen molar-refractivity contribution in [2.45, 2.75) is 90.4 Å². The van der Waals surface area contributed by atoms with Crippen molar-refractivity contribution in [3.63, 3.8) is 0 Å². The van der Waals surface area contributed by atoms with Gasteiger partial charge in [-0.25, -0.2) is 4.79 Å². The van der Waals surface area contributed by atoms with Crippen molar-refractivity contribution in [2.24, 2.45) is 5.92 Å². The van der Waals surface area contributed by atoms with E-state index in [1.54, 1.807) is 4.90 Å². The van der Waals surface area contributed by atoms with Crippen LogP contribution >= 0.6 is 0 Å². The van der Waals surface area contributed by atoms with E-state index in [0.29, 0.717) is 32.0 Å². The first kappa shape index (κ1) is 20.2. The zero-order valence-corrected chi connectivity index (χ0v) is 17.9. The molecule has 0 spiro atoms. The van der Waals surface area contributed by atoms with Crippen LogP contribution in [0.25, 0.3) is 0 Å². The van der Waals surface area contributed by atoms with E-state index in [0.717, 1.165) is 31.0 Å². The van der Waals surface area contributed by atoms with E-state index in [1.807, 2.05) is 25.7 Å². The van der Waals surface area contributed by atoms with Crippen molar-refractivity contribution in [3.8, 4) is 0 Å². The van der Waals surface area contributed by atoms with Gasteiger partial charge in [-0.1, -0.05) is 12.8 Å². The summed E-state index contributed by atoms with van der Waals surface area (Å²) >= 11 is 0. The normalized spacial score (nSPS) is 22.8. The Morgan fingerprint density at radius 1 is 1.03 bits per heavy atom. The maximum atomic E-state index is 12.9. The van der Waals surface area contributed by atoms with Crippen LogP contribution < -0.4 is 0 Å². The fourth-order valence-corrected chi connectivity index (χ4v) is 4.82. The highest BCUT2D eigenvalue weighted by molar-refractivity contribution is 5.77. The zero-order chi connectivity index (χ0) is 20.6. The van der Waals surface area contributed by atoms with E-state index in [4.69, 9.17) is 4.74 Å². The molecule has 2 aliphatic heterocycles. The van der Waals surface area contributed by atoms with Crippen LogP contribution in [0.1, 0.15) is 83.4 Å². The first-order valence-corrected chi connectivity index (χ1v) is 11.0. The fraction of sp³-hybridized carbons (Fsp3) is 0.810. The molecule has 3 heterocycles. The van der Waals surface area contributed by atoms with Crippen LogP contribution in [0.2, 0.25) is 0 Å². The lowest BCUT2D eigenvalue weighted by Gasteiger charge is -2.31. The largest absolute Gasteiger partial charge is 0.444 e. The predicted molar refractivity (Wildman–Crippen MR) is 107 cm³/mol. The van der Waals surface area contributed by atoms with Gasteiger partial charge in [-0.15, -0.1) is 10.2 Å². The van der Waals surface area contributed by atoms with E-state index >= 15 is 0 Å². The lowest BCUT2D eigenvalue weighted by atomic mass is 10.0. The topological polar surface area (TPSA) is 80.6 Å². The molecule has 8 heteroatoms.